The summed E-state index contributed by atoms with van der Waals surface area (Å²) in [5, 5.41) is 2.77. The molecule has 6 heteroatoms. The molecule has 130 valence electrons. The minimum Gasteiger partial charge on any atom is -0.378 e. The molecule has 5 rings (SSSR count). The number of halogens is 1. The quantitative estimate of drug-likeness (QED) is 0.577. The van der Waals surface area contributed by atoms with Crippen LogP contribution in [0.2, 0.25) is 5.02 Å². The van der Waals surface area contributed by atoms with Gasteiger partial charge >= 0.3 is 0 Å². The summed E-state index contributed by atoms with van der Waals surface area (Å²) >= 11 is 6.12. The fourth-order valence-corrected chi connectivity index (χ4v) is 3.63. The van der Waals surface area contributed by atoms with Gasteiger partial charge in [-0.25, -0.2) is 4.98 Å². The van der Waals surface area contributed by atoms with Crippen molar-refractivity contribution in [3.63, 3.8) is 0 Å². The third kappa shape index (κ3) is 2.69. The van der Waals surface area contributed by atoms with E-state index in [1.807, 2.05) is 12.3 Å². The van der Waals surface area contributed by atoms with E-state index in [0.717, 1.165) is 65.2 Å². The number of pyridine rings is 2. The molecule has 1 aliphatic heterocycles. The van der Waals surface area contributed by atoms with Crippen molar-refractivity contribution in [2.75, 3.05) is 31.2 Å². The van der Waals surface area contributed by atoms with Gasteiger partial charge in [0.15, 0.2) is 0 Å². The Morgan fingerprint density at radius 2 is 1.85 bits per heavy atom. The molecule has 4 heterocycles. The minimum atomic E-state index is 0.636. The normalized spacial score (nSPS) is 15.0. The molecule has 0 amide bonds. The monoisotopic (exact) mass is 364 g/mol. The summed E-state index contributed by atoms with van der Waals surface area (Å²) < 4.78 is 5.41. The molecule has 4 aromatic rings. The Balaban J connectivity index is 1.53. The number of ether oxygens (including phenoxy) is 1. The molecule has 5 nitrogen and oxygen atoms in total. The summed E-state index contributed by atoms with van der Waals surface area (Å²) in [5.41, 5.74) is 5.06. The van der Waals surface area contributed by atoms with Crippen molar-refractivity contribution < 1.29 is 4.74 Å². The van der Waals surface area contributed by atoms with E-state index in [4.69, 9.17) is 16.3 Å². The smallest absolute Gasteiger partial charge is 0.138 e. The molecule has 0 spiro atoms. The SMILES string of the molecule is Clc1cnc2[nH]c3ccc(-c4ccc(N5CCOCC5)cn4)cc3c2c1. The van der Waals surface area contributed by atoms with Crippen LogP contribution >= 0.6 is 11.6 Å². The van der Waals surface area contributed by atoms with Crippen molar-refractivity contribution in [3.8, 4) is 11.3 Å². The van der Waals surface area contributed by atoms with Crippen molar-refractivity contribution in [3.05, 3.63) is 53.8 Å². The highest BCUT2D eigenvalue weighted by atomic mass is 35.5. The lowest BCUT2D eigenvalue weighted by molar-refractivity contribution is 0.122. The Labute approximate surface area is 155 Å². The fraction of sp³-hybridized carbons (Fsp3) is 0.200. The molecule has 26 heavy (non-hydrogen) atoms. The van der Waals surface area contributed by atoms with Crippen LogP contribution in [-0.4, -0.2) is 41.3 Å². The Kier molecular flexibility index (Phi) is 3.76. The van der Waals surface area contributed by atoms with Crippen LogP contribution in [0, 0.1) is 0 Å². The fourth-order valence-electron chi connectivity index (χ4n) is 3.47. The predicted molar refractivity (Wildman–Crippen MR) is 105 cm³/mol. The van der Waals surface area contributed by atoms with Gasteiger partial charge in [-0.05, 0) is 30.3 Å². The summed E-state index contributed by atoms with van der Waals surface area (Å²) in [5.74, 6) is 0. The van der Waals surface area contributed by atoms with Gasteiger partial charge in [-0.3, -0.25) is 4.98 Å². The molecule has 1 saturated heterocycles. The van der Waals surface area contributed by atoms with Crippen molar-refractivity contribution >= 4 is 39.2 Å². The van der Waals surface area contributed by atoms with Gasteiger partial charge in [-0.2, -0.15) is 0 Å². The summed E-state index contributed by atoms with van der Waals surface area (Å²) in [6.45, 7) is 3.37. The number of morpholine rings is 1. The highest BCUT2D eigenvalue weighted by molar-refractivity contribution is 6.31. The Bertz CT molecular complexity index is 1080. The van der Waals surface area contributed by atoms with E-state index in [1.54, 1.807) is 6.20 Å². The van der Waals surface area contributed by atoms with Gasteiger partial charge < -0.3 is 14.6 Å². The van der Waals surface area contributed by atoms with Crippen LogP contribution in [0.4, 0.5) is 5.69 Å². The van der Waals surface area contributed by atoms with Crippen LogP contribution in [0.25, 0.3) is 33.2 Å². The van der Waals surface area contributed by atoms with Crippen molar-refractivity contribution in [1.82, 2.24) is 15.0 Å². The molecule has 1 aromatic carbocycles. The maximum absolute atomic E-state index is 6.12. The van der Waals surface area contributed by atoms with Crippen LogP contribution in [0.5, 0.6) is 0 Å². The van der Waals surface area contributed by atoms with E-state index in [0.29, 0.717) is 5.02 Å². The van der Waals surface area contributed by atoms with Gasteiger partial charge in [-0.1, -0.05) is 17.7 Å². The lowest BCUT2D eigenvalue weighted by atomic mass is 10.1. The topological polar surface area (TPSA) is 54.0 Å². The Morgan fingerprint density at radius 3 is 2.65 bits per heavy atom. The summed E-state index contributed by atoms with van der Waals surface area (Å²) in [6, 6.07) is 12.4. The maximum atomic E-state index is 6.12. The van der Waals surface area contributed by atoms with Gasteiger partial charge in [0.2, 0.25) is 0 Å². The van der Waals surface area contributed by atoms with Crippen LogP contribution in [0.1, 0.15) is 0 Å². The molecule has 1 fully saturated rings. The van der Waals surface area contributed by atoms with Crippen LogP contribution in [0.3, 0.4) is 0 Å². The number of hydrogen-bond acceptors (Lipinski definition) is 4. The zero-order chi connectivity index (χ0) is 17.5. The molecule has 1 N–H and O–H groups in total. The molecule has 1 aliphatic rings. The molecule has 0 atom stereocenters. The molecule has 0 radical (unpaired) electrons. The third-order valence-corrected chi connectivity index (χ3v) is 5.04. The second-order valence-electron chi connectivity index (χ2n) is 6.44. The van der Waals surface area contributed by atoms with Crippen molar-refractivity contribution in [2.24, 2.45) is 0 Å². The molecule has 3 aromatic heterocycles. The number of anilines is 1. The molecule has 0 saturated carbocycles. The second-order valence-corrected chi connectivity index (χ2v) is 6.87. The van der Waals surface area contributed by atoms with Crippen LogP contribution in [-0.2, 0) is 4.74 Å². The third-order valence-electron chi connectivity index (χ3n) is 4.84. The first-order valence-corrected chi connectivity index (χ1v) is 9.02. The summed E-state index contributed by atoms with van der Waals surface area (Å²) in [4.78, 5) is 14.7. The van der Waals surface area contributed by atoms with E-state index in [9.17, 15) is 0 Å². The van der Waals surface area contributed by atoms with Gasteiger partial charge in [0, 0.05) is 41.1 Å². The van der Waals surface area contributed by atoms with Crippen molar-refractivity contribution in [2.45, 2.75) is 0 Å². The molecule has 0 bridgehead atoms. The van der Waals surface area contributed by atoms with E-state index < -0.39 is 0 Å². The number of aromatic amines is 1. The van der Waals surface area contributed by atoms with Gasteiger partial charge in [0.1, 0.15) is 5.65 Å². The first-order valence-electron chi connectivity index (χ1n) is 8.64. The highest BCUT2D eigenvalue weighted by Crippen LogP contribution is 2.30. The average Bonchev–Trinajstić information content (AvgIpc) is 3.06. The number of hydrogen-bond donors (Lipinski definition) is 1. The molecular weight excluding hydrogens is 348 g/mol. The van der Waals surface area contributed by atoms with Gasteiger partial charge in [-0.15, -0.1) is 0 Å². The van der Waals surface area contributed by atoms with Gasteiger partial charge in [0.05, 0.1) is 35.8 Å². The highest BCUT2D eigenvalue weighted by Gasteiger charge is 2.12. The maximum Gasteiger partial charge on any atom is 0.138 e. The lowest BCUT2D eigenvalue weighted by Gasteiger charge is -2.28. The number of nitrogens with one attached hydrogen (secondary N) is 1. The lowest BCUT2D eigenvalue weighted by Crippen LogP contribution is -2.36. The van der Waals surface area contributed by atoms with Crippen molar-refractivity contribution in [1.29, 1.82) is 0 Å². The molecular formula is C20H17ClN4O. The zero-order valence-corrected chi connectivity index (χ0v) is 14.8. The Hall–Kier alpha value is -2.63. The second kappa shape index (κ2) is 6.27. The number of aromatic nitrogens is 3. The molecule has 0 unspecified atom stereocenters. The largest absolute Gasteiger partial charge is 0.378 e. The van der Waals surface area contributed by atoms with Crippen LogP contribution < -0.4 is 4.90 Å². The summed E-state index contributed by atoms with van der Waals surface area (Å²) in [7, 11) is 0. The van der Waals surface area contributed by atoms with E-state index in [-0.39, 0.29) is 0 Å². The molecule has 0 aliphatic carbocycles. The number of rotatable bonds is 2. The van der Waals surface area contributed by atoms with E-state index in [2.05, 4.69) is 50.2 Å². The average molecular weight is 365 g/mol. The first kappa shape index (κ1) is 15.6. The zero-order valence-electron chi connectivity index (χ0n) is 14.1. The van der Waals surface area contributed by atoms with Crippen LogP contribution in [0.15, 0.2) is 48.8 Å². The predicted octanol–water partition coefficient (Wildman–Crippen LogP) is 4.27. The summed E-state index contributed by atoms with van der Waals surface area (Å²) in [6.07, 6.45) is 3.60. The number of fused-ring (bicyclic) bond motifs is 3. The number of H-pyrrole nitrogens is 1. The van der Waals surface area contributed by atoms with Gasteiger partial charge in [0.25, 0.3) is 0 Å². The van der Waals surface area contributed by atoms with E-state index >= 15 is 0 Å². The minimum absolute atomic E-state index is 0.636. The number of nitrogens with zero attached hydrogens (tertiary/aromatic N) is 3. The number of benzene rings is 1. The first-order chi connectivity index (χ1) is 12.8. The van der Waals surface area contributed by atoms with E-state index in [1.165, 1.54) is 0 Å². The Morgan fingerprint density at radius 1 is 0.962 bits per heavy atom. The standard InChI is InChI=1S/C20H17ClN4O/c21-14-10-17-16-9-13(1-3-19(16)24-20(17)23-11-14)18-4-2-15(12-22-18)25-5-7-26-8-6-25/h1-4,9-12H,5-8H2,(H,23,24).